The number of nitrogens with one attached hydrogen (secondary N) is 3. The molecule has 0 saturated heterocycles. The molecular weight excluding hydrogens is 338 g/mol. The fraction of sp³-hybridized carbons (Fsp3) is 0.0909. The van der Waals surface area contributed by atoms with Gasteiger partial charge in [-0.2, -0.15) is 0 Å². The molecule has 2 amide bonds. The average Bonchev–Trinajstić information content (AvgIpc) is 2.65. The third-order valence-electron chi connectivity index (χ3n) is 3.87. The van der Waals surface area contributed by atoms with Crippen molar-refractivity contribution in [1.29, 1.82) is 0 Å². The van der Waals surface area contributed by atoms with Crippen LogP contribution < -0.4 is 16.0 Å². The van der Waals surface area contributed by atoms with E-state index in [0.717, 1.165) is 28.3 Å². The van der Waals surface area contributed by atoms with Gasteiger partial charge in [0, 0.05) is 29.7 Å². The molecule has 3 rings (SSSR count). The third kappa shape index (κ3) is 5.71. The molecule has 0 aliphatic carbocycles. The quantitative estimate of drug-likeness (QED) is 0.604. The van der Waals surface area contributed by atoms with Gasteiger partial charge in [-0.1, -0.05) is 30.3 Å². The van der Waals surface area contributed by atoms with Gasteiger partial charge in [0.1, 0.15) is 0 Å². The number of rotatable bonds is 6. The lowest BCUT2D eigenvalue weighted by atomic mass is 10.1. The van der Waals surface area contributed by atoms with Crippen molar-refractivity contribution in [3.05, 3.63) is 84.4 Å². The Labute approximate surface area is 158 Å². The standard InChI is InChI=1S/C22H21N3O2/c1-16(26)23-18-7-9-19(10-8-18)24-20-11-13-21(14-12-20)25-22(27)15-17-5-3-2-4-6-17/h2-14,24H,15H2,1H3,(H,23,26)(H,25,27). The lowest BCUT2D eigenvalue weighted by Gasteiger charge is -2.10. The molecular formula is C22H21N3O2. The molecule has 0 unspecified atom stereocenters. The van der Waals surface area contributed by atoms with E-state index >= 15 is 0 Å². The molecule has 3 N–H and O–H groups in total. The highest BCUT2D eigenvalue weighted by atomic mass is 16.2. The number of carbonyl (C=O) groups is 2. The van der Waals surface area contributed by atoms with Crippen molar-refractivity contribution in [1.82, 2.24) is 0 Å². The van der Waals surface area contributed by atoms with Crippen LogP contribution in [0.1, 0.15) is 12.5 Å². The minimum atomic E-state index is -0.0967. The highest BCUT2D eigenvalue weighted by Gasteiger charge is 2.04. The molecule has 0 aliphatic heterocycles. The number of hydrogen-bond acceptors (Lipinski definition) is 3. The Balaban J connectivity index is 1.55. The second-order valence-corrected chi connectivity index (χ2v) is 6.17. The van der Waals surface area contributed by atoms with Crippen molar-refractivity contribution in [3.8, 4) is 0 Å². The van der Waals surface area contributed by atoms with Gasteiger partial charge in [-0.15, -0.1) is 0 Å². The fourth-order valence-electron chi connectivity index (χ4n) is 2.63. The summed E-state index contributed by atoms with van der Waals surface area (Å²) in [6, 6.07) is 24.6. The van der Waals surface area contributed by atoms with E-state index in [0.29, 0.717) is 6.42 Å². The van der Waals surface area contributed by atoms with E-state index in [1.807, 2.05) is 78.9 Å². The zero-order valence-electron chi connectivity index (χ0n) is 15.0. The molecule has 0 radical (unpaired) electrons. The van der Waals surface area contributed by atoms with Crippen LogP contribution in [-0.2, 0) is 16.0 Å². The molecule has 5 heteroatoms. The molecule has 0 fully saturated rings. The van der Waals surface area contributed by atoms with Crippen LogP contribution in [0.2, 0.25) is 0 Å². The molecule has 3 aromatic rings. The van der Waals surface area contributed by atoms with Gasteiger partial charge in [0.15, 0.2) is 0 Å². The molecule has 136 valence electrons. The highest BCUT2D eigenvalue weighted by molar-refractivity contribution is 5.92. The summed E-state index contributed by atoms with van der Waals surface area (Å²) >= 11 is 0. The maximum Gasteiger partial charge on any atom is 0.228 e. The van der Waals surface area contributed by atoms with Crippen molar-refractivity contribution >= 4 is 34.6 Å². The van der Waals surface area contributed by atoms with Crippen molar-refractivity contribution in [2.45, 2.75) is 13.3 Å². The average molecular weight is 359 g/mol. The predicted octanol–water partition coefficient (Wildman–Crippen LogP) is 4.57. The Morgan fingerprint density at radius 3 is 1.67 bits per heavy atom. The number of hydrogen-bond donors (Lipinski definition) is 3. The van der Waals surface area contributed by atoms with Crippen molar-refractivity contribution in [3.63, 3.8) is 0 Å². The number of anilines is 4. The predicted molar refractivity (Wildman–Crippen MR) is 109 cm³/mol. The zero-order chi connectivity index (χ0) is 19.1. The maximum absolute atomic E-state index is 12.1. The fourth-order valence-corrected chi connectivity index (χ4v) is 2.63. The number of amides is 2. The molecule has 0 saturated carbocycles. The molecule has 0 aromatic heterocycles. The lowest BCUT2D eigenvalue weighted by molar-refractivity contribution is -0.116. The van der Waals surface area contributed by atoms with Crippen molar-refractivity contribution in [2.24, 2.45) is 0 Å². The molecule has 5 nitrogen and oxygen atoms in total. The van der Waals surface area contributed by atoms with Crippen LogP contribution in [0.15, 0.2) is 78.9 Å². The van der Waals surface area contributed by atoms with Gasteiger partial charge in [0.05, 0.1) is 6.42 Å². The van der Waals surface area contributed by atoms with Gasteiger partial charge < -0.3 is 16.0 Å². The van der Waals surface area contributed by atoms with Crippen LogP contribution in [0.25, 0.3) is 0 Å². The first-order valence-electron chi connectivity index (χ1n) is 8.67. The first-order valence-corrected chi connectivity index (χ1v) is 8.67. The van der Waals surface area contributed by atoms with E-state index in [1.54, 1.807) is 0 Å². The number of carbonyl (C=O) groups excluding carboxylic acids is 2. The van der Waals surface area contributed by atoms with E-state index in [2.05, 4.69) is 16.0 Å². The Bertz CT molecular complexity index is 905. The smallest absolute Gasteiger partial charge is 0.228 e. The van der Waals surface area contributed by atoms with Crippen LogP contribution in [-0.4, -0.2) is 11.8 Å². The van der Waals surface area contributed by atoms with Gasteiger partial charge in [-0.05, 0) is 54.1 Å². The zero-order valence-corrected chi connectivity index (χ0v) is 15.0. The Morgan fingerprint density at radius 1 is 0.667 bits per heavy atom. The van der Waals surface area contributed by atoms with Crippen molar-refractivity contribution < 1.29 is 9.59 Å². The first kappa shape index (κ1) is 18.2. The second-order valence-electron chi connectivity index (χ2n) is 6.17. The summed E-state index contributed by atoms with van der Waals surface area (Å²) in [4.78, 5) is 23.2. The summed E-state index contributed by atoms with van der Waals surface area (Å²) in [6.45, 7) is 1.48. The van der Waals surface area contributed by atoms with E-state index < -0.39 is 0 Å². The van der Waals surface area contributed by atoms with Crippen molar-refractivity contribution in [2.75, 3.05) is 16.0 Å². The maximum atomic E-state index is 12.1. The lowest BCUT2D eigenvalue weighted by Crippen LogP contribution is -2.14. The number of benzene rings is 3. The van der Waals surface area contributed by atoms with Gasteiger partial charge in [0.2, 0.25) is 11.8 Å². The molecule has 3 aromatic carbocycles. The van der Waals surface area contributed by atoms with E-state index in [-0.39, 0.29) is 11.8 Å². The monoisotopic (exact) mass is 359 g/mol. The summed E-state index contributed by atoms with van der Waals surface area (Å²) in [7, 11) is 0. The molecule has 0 bridgehead atoms. The van der Waals surface area contributed by atoms with Gasteiger partial charge in [0.25, 0.3) is 0 Å². The topological polar surface area (TPSA) is 70.2 Å². The second kappa shape index (κ2) is 8.67. The van der Waals surface area contributed by atoms with Gasteiger partial charge in [-0.3, -0.25) is 9.59 Å². The Hall–Kier alpha value is -3.60. The summed E-state index contributed by atoms with van der Waals surface area (Å²) in [6.07, 6.45) is 0.349. The Kier molecular flexibility index (Phi) is 5.84. The van der Waals surface area contributed by atoms with Gasteiger partial charge in [-0.25, -0.2) is 0 Å². The summed E-state index contributed by atoms with van der Waals surface area (Å²) in [5.74, 6) is -0.143. The summed E-state index contributed by atoms with van der Waals surface area (Å²) < 4.78 is 0. The SMILES string of the molecule is CC(=O)Nc1ccc(Nc2ccc(NC(=O)Cc3ccccc3)cc2)cc1. The van der Waals surface area contributed by atoms with E-state index in [9.17, 15) is 9.59 Å². The molecule has 0 aliphatic rings. The van der Waals surface area contributed by atoms with E-state index in [4.69, 9.17) is 0 Å². The molecule has 0 heterocycles. The van der Waals surface area contributed by atoms with Crippen LogP contribution in [0, 0.1) is 0 Å². The minimum absolute atomic E-state index is 0.0459. The Morgan fingerprint density at radius 2 is 1.15 bits per heavy atom. The highest BCUT2D eigenvalue weighted by Crippen LogP contribution is 2.21. The summed E-state index contributed by atoms with van der Waals surface area (Å²) in [5.41, 5.74) is 4.30. The van der Waals surface area contributed by atoms with Crippen LogP contribution in [0.4, 0.5) is 22.7 Å². The molecule has 27 heavy (non-hydrogen) atoms. The normalized spacial score (nSPS) is 10.1. The summed E-state index contributed by atoms with van der Waals surface area (Å²) in [5, 5.41) is 8.91. The largest absolute Gasteiger partial charge is 0.356 e. The van der Waals surface area contributed by atoms with Gasteiger partial charge >= 0.3 is 0 Å². The molecule has 0 spiro atoms. The van der Waals surface area contributed by atoms with E-state index in [1.165, 1.54) is 6.92 Å². The molecule has 0 atom stereocenters. The minimum Gasteiger partial charge on any atom is -0.356 e. The van der Waals surface area contributed by atoms with Crippen LogP contribution in [0.5, 0.6) is 0 Å². The first-order chi connectivity index (χ1) is 13.1. The van der Waals surface area contributed by atoms with Crippen LogP contribution >= 0.6 is 0 Å². The van der Waals surface area contributed by atoms with Crippen LogP contribution in [0.3, 0.4) is 0 Å². The third-order valence-corrected chi connectivity index (χ3v) is 3.87.